The predicted octanol–water partition coefficient (Wildman–Crippen LogP) is 2.95. The second-order valence-corrected chi connectivity index (χ2v) is 6.54. The Balaban J connectivity index is 1.75. The molecule has 1 unspecified atom stereocenters. The first-order valence-corrected chi connectivity index (χ1v) is 8.65. The summed E-state index contributed by atoms with van der Waals surface area (Å²) in [6.45, 7) is 1.93. The summed E-state index contributed by atoms with van der Waals surface area (Å²) in [5.41, 5.74) is 1.40. The number of ether oxygens (including phenoxy) is 1. The van der Waals surface area contributed by atoms with Gasteiger partial charge in [-0.1, -0.05) is 41.9 Å². The quantitative estimate of drug-likeness (QED) is 0.834. The Bertz CT molecular complexity index is 727. The van der Waals surface area contributed by atoms with Crippen LogP contribution >= 0.6 is 11.6 Å². The van der Waals surface area contributed by atoms with Gasteiger partial charge in [-0.25, -0.2) is 4.68 Å². The summed E-state index contributed by atoms with van der Waals surface area (Å²) in [7, 11) is 1.92. The molecule has 1 saturated heterocycles. The van der Waals surface area contributed by atoms with E-state index in [9.17, 15) is 4.79 Å². The van der Waals surface area contributed by atoms with Gasteiger partial charge in [0.05, 0.1) is 24.5 Å². The first kappa shape index (κ1) is 17.0. The van der Waals surface area contributed by atoms with E-state index >= 15 is 0 Å². The van der Waals surface area contributed by atoms with E-state index < -0.39 is 0 Å². The van der Waals surface area contributed by atoms with Crippen LogP contribution in [0.15, 0.2) is 41.3 Å². The van der Waals surface area contributed by atoms with E-state index in [2.05, 4.69) is 5.10 Å². The van der Waals surface area contributed by atoms with Crippen LogP contribution in [0.1, 0.15) is 24.8 Å². The third-order valence-corrected chi connectivity index (χ3v) is 4.66. The maximum Gasteiger partial charge on any atom is 0.287 e. The van der Waals surface area contributed by atoms with Crippen molar-refractivity contribution in [3.8, 4) is 0 Å². The summed E-state index contributed by atoms with van der Waals surface area (Å²) in [5.74, 6) is 0. The molecule has 24 heavy (non-hydrogen) atoms. The molecule has 0 radical (unpaired) electrons. The molecule has 2 aromatic rings. The lowest BCUT2D eigenvalue weighted by Crippen LogP contribution is -2.35. The number of hydrogen-bond acceptors (Lipinski definition) is 4. The third-order valence-electron chi connectivity index (χ3n) is 4.30. The van der Waals surface area contributed by atoms with Gasteiger partial charge in [0.15, 0.2) is 0 Å². The van der Waals surface area contributed by atoms with Crippen LogP contribution < -0.4 is 10.5 Å². The zero-order chi connectivity index (χ0) is 16.9. The van der Waals surface area contributed by atoms with Crippen LogP contribution in [0.4, 0.5) is 5.69 Å². The molecule has 1 fully saturated rings. The highest BCUT2D eigenvalue weighted by Gasteiger charge is 2.19. The fraction of sp³-hybridized carbons (Fsp3) is 0.444. The van der Waals surface area contributed by atoms with Gasteiger partial charge < -0.3 is 9.64 Å². The first-order valence-electron chi connectivity index (χ1n) is 8.27. The van der Waals surface area contributed by atoms with Crippen LogP contribution in [0.3, 0.4) is 0 Å². The van der Waals surface area contributed by atoms with E-state index in [4.69, 9.17) is 16.3 Å². The number of halogens is 1. The number of aromatic nitrogens is 2. The van der Waals surface area contributed by atoms with E-state index in [1.165, 1.54) is 11.1 Å². The van der Waals surface area contributed by atoms with E-state index in [1.807, 2.05) is 42.3 Å². The van der Waals surface area contributed by atoms with Gasteiger partial charge in [-0.15, -0.1) is 0 Å². The van der Waals surface area contributed by atoms with Crippen LogP contribution in [0.2, 0.25) is 5.02 Å². The minimum absolute atomic E-state index is 0.187. The molecule has 2 heterocycles. The molecule has 1 aliphatic heterocycles. The number of rotatable bonds is 5. The zero-order valence-corrected chi connectivity index (χ0v) is 14.6. The summed E-state index contributed by atoms with van der Waals surface area (Å²) in [6.07, 6.45) is 5.20. The van der Waals surface area contributed by atoms with Crippen molar-refractivity contribution >= 4 is 17.3 Å². The number of likely N-dealkylation sites (N-methyl/N-ethyl adjacent to an activating group) is 1. The molecule has 0 amide bonds. The van der Waals surface area contributed by atoms with Crippen molar-refractivity contribution in [1.29, 1.82) is 0 Å². The molecule has 0 saturated carbocycles. The minimum Gasteiger partial charge on any atom is -0.376 e. The molecule has 5 nitrogen and oxygen atoms in total. The lowest BCUT2D eigenvalue weighted by atomic mass is 10.1. The number of nitrogens with zero attached hydrogens (tertiary/aromatic N) is 3. The highest BCUT2D eigenvalue weighted by Crippen LogP contribution is 2.22. The van der Waals surface area contributed by atoms with Crippen molar-refractivity contribution in [2.45, 2.75) is 31.9 Å². The molecule has 3 rings (SSSR count). The lowest BCUT2D eigenvalue weighted by molar-refractivity contribution is 0.0216. The molecule has 0 aliphatic carbocycles. The highest BCUT2D eigenvalue weighted by molar-refractivity contribution is 6.33. The second-order valence-electron chi connectivity index (χ2n) is 6.16. The Kier molecular flexibility index (Phi) is 5.53. The Hall–Kier alpha value is -1.85. The normalized spacial score (nSPS) is 17.7. The van der Waals surface area contributed by atoms with Gasteiger partial charge in [0, 0.05) is 20.2 Å². The Morgan fingerprint density at radius 1 is 1.33 bits per heavy atom. The summed E-state index contributed by atoms with van der Waals surface area (Å²) in [6, 6.07) is 9.74. The standard InChI is InChI=1S/C18H22ClN3O2/c1-21(13-15-9-5-6-10-24-15)16-11-20-22(18(23)17(16)19)12-14-7-3-2-4-8-14/h2-4,7-8,11,15H,5-6,9-10,12-13H2,1H3. The van der Waals surface area contributed by atoms with Crippen LogP contribution in [0.25, 0.3) is 0 Å². The highest BCUT2D eigenvalue weighted by atomic mass is 35.5. The molecular weight excluding hydrogens is 326 g/mol. The number of hydrogen-bond donors (Lipinski definition) is 0. The molecule has 0 N–H and O–H groups in total. The van der Waals surface area contributed by atoms with Crippen LogP contribution in [0, 0.1) is 0 Å². The number of benzene rings is 1. The van der Waals surface area contributed by atoms with E-state index in [0.29, 0.717) is 18.8 Å². The molecule has 6 heteroatoms. The summed E-state index contributed by atoms with van der Waals surface area (Å²) >= 11 is 6.32. The Morgan fingerprint density at radius 2 is 2.12 bits per heavy atom. The molecule has 1 aromatic carbocycles. The lowest BCUT2D eigenvalue weighted by Gasteiger charge is -2.28. The largest absolute Gasteiger partial charge is 0.376 e. The molecule has 0 spiro atoms. The van der Waals surface area contributed by atoms with Gasteiger partial charge in [-0.2, -0.15) is 5.10 Å². The molecular formula is C18H22ClN3O2. The molecule has 1 aromatic heterocycles. The van der Waals surface area contributed by atoms with Crippen LogP contribution in [-0.2, 0) is 11.3 Å². The summed E-state index contributed by atoms with van der Waals surface area (Å²) in [4.78, 5) is 14.5. The van der Waals surface area contributed by atoms with Crippen molar-refractivity contribution in [2.24, 2.45) is 0 Å². The number of anilines is 1. The van der Waals surface area contributed by atoms with Crippen molar-refractivity contribution in [1.82, 2.24) is 9.78 Å². The Morgan fingerprint density at radius 3 is 2.83 bits per heavy atom. The molecule has 128 valence electrons. The molecule has 0 bridgehead atoms. The maximum atomic E-state index is 12.5. The van der Waals surface area contributed by atoms with Gasteiger partial charge >= 0.3 is 0 Å². The topological polar surface area (TPSA) is 47.4 Å². The smallest absolute Gasteiger partial charge is 0.287 e. The van der Waals surface area contributed by atoms with Gasteiger partial charge in [0.1, 0.15) is 5.02 Å². The average Bonchev–Trinajstić information content (AvgIpc) is 2.61. The maximum absolute atomic E-state index is 12.5. The minimum atomic E-state index is -0.269. The Labute approximate surface area is 146 Å². The van der Waals surface area contributed by atoms with Gasteiger partial charge in [0.25, 0.3) is 5.56 Å². The van der Waals surface area contributed by atoms with Crippen molar-refractivity contribution in [2.75, 3.05) is 25.1 Å². The van der Waals surface area contributed by atoms with Crippen molar-refractivity contribution in [3.05, 3.63) is 57.5 Å². The van der Waals surface area contributed by atoms with Crippen LogP contribution in [0.5, 0.6) is 0 Å². The molecule has 1 atom stereocenters. The van der Waals surface area contributed by atoms with E-state index in [-0.39, 0.29) is 16.7 Å². The van der Waals surface area contributed by atoms with E-state index in [0.717, 1.165) is 25.0 Å². The van der Waals surface area contributed by atoms with Gasteiger partial charge in [0.2, 0.25) is 0 Å². The first-order chi connectivity index (χ1) is 11.6. The van der Waals surface area contributed by atoms with Crippen molar-refractivity contribution in [3.63, 3.8) is 0 Å². The fourth-order valence-corrected chi connectivity index (χ4v) is 3.24. The van der Waals surface area contributed by atoms with E-state index in [1.54, 1.807) is 6.20 Å². The van der Waals surface area contributed by atoms with Gasteiger partial charge in [-0.3, -0.25) is 4.79 Å². The SMILES string of the molecule is CN(CC1CCCCO1)c1cnn(Cc2ccccc2)c(=O)c1Cl. The zero-order valence-electron chi connectivity index (χ0n) is 13.8. The monoisotopic (exact) mass is 347 g/mol. The average molecular weight is 348 g/mol. The third kappa shape index (κ3) is 3.97. The second kappa shape index (κ2) is 7.81. The molecule has 1 aliphatic rings. The summed E-state index contributed by atoms with van der Waals surface area (Å²) < 4.78 is 7.15. The van der Waals surface area contributed by atoms with Crippen LogP contribution in [-0.4, -0.2) is 36.1 Å². The summed E-state index contributed by atoms with van der Waals surface area (Å²) in [5, 5.41) is 4.49. The van der Waals surface area contributed by atoms with Crippen molar-refractivity contribution < 1.29 is 4.74 Å². The van der Waals surface area contributed by atoms with Gasteiger partial charge in [-0.05, 0) is 24.8 Å². The predicted molar refractivity (Wildman–Crippen MR) is 95.9 cm³/mol. The fourth-order valence-electron chi connectivity index (χ4n) is 2.95.